The number of ether oxygens (including phenoxy) is 1. The number of nitrogens with zero attached hydrogens (tertiary/aromatic N) is 1. The molecular formula is C12H17ClN3O3+. The number of halogens is 1. The maximum absolute atomic E-state index is 11.4. The minimum Gasteiger partial charge on any atom is -0.443 e. The van der Waals surface area contributed by atoms with Gasteiger partial charge in [0.05, 0.1) is 0 Å². The highest BCUT2D eigenvalue weighted by atomic mass is 35.5. The first-order valence-corrected chi connectivity index (χ1v) is 6.06. The lowest BCUT2D eigenvalue weighted by Crippen LogP contribution is -2.64. The number of nitrogens with two attached hydrogens (primary N) is 1. The third kappa shape index (κ3) is 4.76. The minimum absolute atomic E-state index is 0.0850. The molecule has 7 heteroatoms. The number of quaternary nitrogens is 1. The van der Waals surface area contributed by atoms with Crippen molar-refractivity contribution < 1.29 is 20.1 Å². The first kappa shape index (κ1) is 15.3. The van der Waals surface area contributed by atoms with E-state index >= 15 is 0 Å². The summed E-state index contributed by atoms with van der Waals surface area (Å²) in [5.41, 5.74) is 9.75. The van der Waals surface area contributed by atoms with E-state index in [9.17, 15) is 9.59 Å². The van der Waals surface area contributed by atoms with Gasteiger partial charge in [0.25, 0.3) is 0 Å². The molecule has 5 N–H and O–H groups in total. The van der Waals surface area contributed by atoms with Gasteiger partial charge in [0.2, 0.25) is 0 Å². The van der Waals surface area contributed by atoms with Crippen LogP contribution in [-0.4, -0.2) is 36.7 Å². The van der Waals surface area contributed by atoms with Gasteiger partial charge in [0.15, 0.2) is 0 Å². The number of benzene rings is 1. The molecule has 0 spiro atoms. The largest absolute Gasteiger partial charge is 0.443 e. The fraction of sp³-hybridized carbons (Fsp3) is 0.333. The molecule has 3 amide bonds. The first-order valence-electron chi connectivity index (χ1n) is 5.68. The van der Waals surface area contributed by atoms with E-state index in [1.807, 2.05) is 18.2 Å². The molecule has 19 heavy (non-hydrogen) atoms. The number of imide groups is 1. The monoisotopic (exact) mass is 286 g/mol. The molecule has 0 aliphatic rings. The lowest BCUT2D eigenvalue weighted by atomic mass is 10.1. The Morgan fingerprint density at radius 3 is 2.68 bits per heavy atom. The number of hydrogen-bond acceptors (Lipinski definition) is 3. The molecule has 0 aromatic heterocycles. The van der Waals surface area contributed by atoms with Gasteiger partial charge in [-0.2, -0.15) is 0 Å². The standard InChI is InChI=1S/C12H16ClN3O3/c1-16(11(15)17)12(18)19-7-9(14)6-8-4-2-3-5-10(8)13/h2-5,9H,6-7,14H2,1H3,(H2,15,17)/p+1/t9-/m1/s1. The number of primary amides is 1. The van der Waals surface area contributed by atoms with Crippen LogP contribution in [0.2, 0.25) is 5.02 Å². The summed E-state index contributed by atoms with van der Waals surface area (Å²) in [6.45, 7) is 0.0850. The van der Waals surface area contributed by atoms with E-state index in [1.54, 1.807) is 6.07 Å². The van der Waals surface area contributed by atoms with Gasteiger partial charge in [0, 0.05) is 18.5 Å². The van der Waals surface area contributed by atoms with Crippen LogP contribution in [0.3, 0.4) is 0 Å². The first-order chi connectivity index (χ1) is 8.91. The number of hydrogen-bond donors (Lipinski definition) is 2. The molecule has 0 aliphatic carbocycles. The van der Waals surface area contributed by atoms with Crippen LogP contribution in [0, 0.1) is 0 Å². The van der Waals surface area contributed by atoms with Crippen molar-refractivity contribution in [2.24, 2.45) is 5.73 Å². The lowest BCUT2D eigenvalue weighted by molar-refractivity contribution is -0.424. The molecule has 0 heterocycles. The van der Waals surface area contributed by atoms with Crippen molar-refractivity contribution in [2.75, 3.05) is 13.7 Å². The highest BCUT2D eigenvalue weighted by Gasteiger charge is 2.18. The molecule has 0 radical (unpaired) electrons. The number of amides is 3. The van der Waals surface area contributed by atoms with Gasteiger partial charge in [-0.1, -0.05) is 29.8 Å². The van der Waals surface area contributed by atoms with Gasteiger partial charge in [-0.25, -0.2) is 14.5 Å². The van der Waals surface area contributed by atoms with Crippen LogP contribution >= 0.6 is 11.6 Å². The summed E-state index contributed by atoms with van der Waals surface area (Å²) in [6.07, 6.45) is -0.215. The van der Waals surface area contributed by atoms with Crippen molar-refractivity contribution in [2.45, 2.75) is 12.5 Å². The van der Waals surface area contributed by atoms with Crippen molar-refractivity contribution in [1.82, 2.24) is 4.90 Å². The molecular weight excluding hydrogens is 270 g/mol. The molecule has 1 aromatic rings. The molecule has 104 valence electrons. The quantitative estimate of drug-likeness (QED) is 0.849. The third-order valence-electron chi connectivity index (χ3n) is 2.51. The Morgan fingerprint density at radius 1 is 1.47 bits per heavy atom. The highest BCUT2D eigenvalue weighted by molar-refractivity contribution is 6.31. The maximum atomic E-state index is 11.4. The fourth-order valence-electron chi connectivity index (χ4n) is 1.41. The topological polar surface area (TPSA) is 100 Å². The van der Waals surface area contributed by atoms with Crippen molar-refractivity contribution in [3.8, 4) is 0 Å². The predicted octanol–water partition coefficient (Wildman–Crippen LogP) is 0.640. The average Bonchev–Trinajstić information content (AvgIpc) is 2.37. The number of rotatable bonds is 4. The van der Waals surface area contributed by atoms with Crippen LogP contribution in [-0.2, 0) is 11.2 Å². The third-order valence-corrected chi connectivity index (χ3v) is 2.88. The van der Waals surface area contributed by atoms with Crippen LogP contribution in [0.4, 0.5) is 9.59 Å². The Labute approximate surface area is 116 Å². The molecule has 6 nitrogen and oxygen atoms in total. The summed E-state index contributed by atoms with van der Waals surface area (Å²) in [5, 5.41) is 0.650. The Balaban J connectivity index is 2.44. The predicted molar refractivity (Wildman–Crippen MR) is 70.5 cm³/mol. The van der Waals surface area contributed by atoms with Crippen LogP contribution in [0.15, 0.2) is 24.3 Å². The summed E-state index contributed by atoms with van der Waals surface area (Å²) < 4.78 is 4.92. The average molecular weight is 287 g/mol. The highest BCUT2D eigenvalue weighted by Crippen LogP contribution is 2.15. The maximum Gasteiger partial charge on any atom is 0.417 e. The van der Waals surface area contributed by atoms with Crippen molar-refractivity contribution >= 4 is 23.7 Å². The second-order valence-corrected chi connectivity index (χ2v) is 4.54. The molecule has 0 saturated carbocycles. The van der Waals surface area contributed by atoms with Crippen molar-refractivity contribution in [3.63, 3.8) is 0 Å². The van der Waals surface area contributed by atoms with Gasteiger partial charge in [0.1, 0.15) is 12.6 Å². The summed E-state index contributed by atoms with van der Waals surface area (Å²) >= 11 is 6.02. The van der Waals surface area contributed by atoms with Crippen LogP contribution in [0.25, 0.3) is 0 Å². The second kappa shape index (κ2) is 6.96. The Kier molecular flexibility index (Phi) is 5.59. The zero-order chi connectivity index (χ0) is 14.4. The van der Waals surface area contributed by atoms with Crippen LogP contribution in [0.5, 0.6) is 0 Å². The molecule has 0 aliphatic heterocycles. The van der Waals surface area contributed by atoms with Crippen LogP contribution < -0.4 is 11.5 Å². The van der Waals surface area contributed by atoms with Crippen molar-refractivity contribution in [3.05, 3.63) is 34.9 Å². The van der Waals surface area contributed by atoms with E-state index in [0.29, 0.717) is 16.3 Å². The summed E-state index contributed by atoms with van der Waals surface area (Å²) in [5.74, 6) is 0. The normalized spacial score (nSPS) is 11.7. The summed E-state index contributed by atoms with van der Waals surface area (Å²) in [7, 11) is 1.25. The van der Waals surface area contributed by atoms with E-state index in [1.165, 1.54) is 7.05 Å². The number of carbonyl (C=O) groups excluding carboxylic acids is 2. The Hall–Kier alpha value is -1.79. The van der Waals surface area contributed by atoms with Gasteiger partial charge in [-0.15, -0.1) is 0 Å². The molecule has 1 rings (SSSR count). The van der Waals surface area contributed by atoms with Crippen LogP contribution in [0.1, 0.15) is 5.56 Å². The second-order valence-electron chi connectivity index (χ2n) is 4.14. The smallest absolute Gasteiger partial charge is 0.417 e. The van der Waals surface area contributed by atoms with E-state index in [2.05, 4.69) is 5.73 Å². The molecule has 0 bridgehead atoms. The van der Waals surface area contributed by atoms with Gasteiger partial charge in [-0.3, -0.25) is 0 Å². The molecule has 0 fully saturated rings. The fourth-order valence-corrected chi connectivity index (χ4v) is 1.62. The summed E-state index contributed by atoms with van der Waals surface area (Å²) in [6, 6.07) is 6.36. The Morgan fingerprint density at radius 2 is 2.11 bits per heavy atom. The number of carbonyl (C=O) groups is 2. The Bertz CT molecular complexity index is 467. The molecule has 0 unspecified atom stereocenters. The van der Waals surface area contributed by atoms with Gasteiger partial charge < -0.3 is 16.2 Å². The number of urea groups is 1. The van der Waals surface area contributed by atoms with E-state index in [0.717, 1.165) is 5.56 Å². The zero-order valence-corrected chi connectivity index (χ0v) is 11.4. The van der Waals surface area contributed by atoms with E-state index in [-0.39, 0.29) is 12.6 Å². The van der Waals surface area contributed by atoms with E-state index in [4.69, 9.17) is 22.1 Å². The molecule has 1 aromatic carbocycles. The van der Waals surface area contributed by atoms with E-state index < -0.39 is 12.1 Å². The van der Waals surface area contributed by atoms with Gasteiger partial charge in [-0.05, 0) is 11.6 Å². The minimum atomic E-state index is -0.864. The molecule has 1 atom stereocenters. The van der Waals surface area contributed by atoms with Crippen molar-refractivity contribution in [1.29, 1.82) is 0 Å². The summed E-state index contributed by atoms with van der Waals surface area (Å²) in [4.78, 5) is 22.8. The zero-order valence-electron chi connectivity index (χ0n) is 10.6. The molecule has 0 saturated heterocycles. The SMILES string of the molecule is CN(C(N)=O)C(=O)OC[C@H]([NH3+])Cc1ccccc1Cl. The van der Waals surface area contributed by atoms with Gasteiger partial charge >= 0.3 is 12.1 Å². The lowest BCUT2D eigenvalue weighted by Gasteiger charge is -2.14.